The summed E-state index contributed by atoms with van der Waals surface area (Å²) in [6.07, 6.45) is 0.118. The van der Waals surface area contributed by atoms with Crippen molar-refractivity contribution >= 4 is 39.1 Å². The molecule has 146 valence electrons. The molecular weight excluding hydrogens is 386 g/mol. The molecule has 1 saturated heterocycles. The number of amides is 3. The van der Waals surface area contributed by atoms with Crippen LogP contribution in [-0.4, -0.2) is 33.2 Å². The molecule has 0 aliphatic carbocycles. The van der Waals surface area contributed by atoms with Crippen molar-refractivity contribution in [1.29, 1.82) is 0 Å². The van der Waals surface area contributed by atoms with E-state index in [1.54, 1.807) is 0 Å². The Bertz CT molecular complexity index is 1050. The van der Waals surface area contributed by atoms with Gasteiger partial charge in [-0.1, -0.05) is 0 Å². The highest BCUT2D eigenvalue weighted by Crippen LogP contribution is 2.34. The molecule has 0 atom stereocenters. The number of anilines is 2. The number of ether oxygens (including phenoxy) is 1. The number of nitrogens with zero attached hydrogens (tertiary/aromatic N) is 1. The van der Waals surface area contributed by atoms with Gasteiger partial charge in [-0.15, -0.1) is 0 Å². The second-order valence-electron chi connectivity index (χ2n) is 6.00. The van der Waals surface area contributed by atoms with Crippen LogP contribution in [0.2, 0.25) is 0 Å². The Morgan fingerprint density at radius 3 is 2.21 bits per heavy atom. The molecule has 28 heavy (non-hydrogen) atoms. The van der Waals surface area contributed by atoms with Crippen molar-refractivity contribution in [2.45, 2.75) is 17.7 Å². The first-order valence-electron chi connectivity index (χ1n) is 8.19. The number of benzene rings is 2. The Morgan fingerprint density at radius 1 is 1.07 bits per heavy atom. The second kappa shape index (κ2) is 7.31. The number of hydrogen-bond acceptors (Lipinski definition) is 6. The van der Waals surface area contributed by atoms with Crippen molar-refractivity contribution in [3.63, 3.8) is 0 Å². The highest BCUT2D eigenvalue weighted by Gasteiger charge is 2.33. The lowest BCUT2D eigenvalue weighted by atomic mass is 10.2. The predicted octanol–water partition coefficient (Wildman–Crippen LogP) is 1.25. The molecule has 3 amide bonds. The molecule has 0 radical (unpaired) electrons. The molecule has 0 saturated carbocycles. The summed E-state index contributed by atoms with van der Waals surface area (Å²) in [5.41, 5.74) is 5.69. The number of rotatable bonds is 6. The fraction of sp³-hybridized carbons (Fsp3) is 0.167. The van der Waals surface area contributed by atoms with Crippen LogP contribution >= 0.6 is 0 Å². The Kier molecular flexibility index (Phi) is 5.06. The van der Waals surface area contributed by atoms with E-state index in [9.17, 15) is 22.8 Å². The van der Waals surface area contributed by atoms with E-state index < -0.39 is 27.7 Å². The number of carbonyl (C=O) groups excluding carboxylic acids is 3. The maximum Gasteiger partial charge on any atom is 0.261 e. The summed E-state index contributed by atoms with van der Waals surface area (Å²) in [5, 5.41) is 0. The van der Waals surface area contributed by atoms with Crippen molar-refractivity contribution in [2.75, 3.05) is 16.7 Å². The van der Waals surface area contributed by atoms with E-state index in [4.69, 9.17) is 10.5 Å². The van der Waals surface area contributed by atoms with Gasteiger partial charge in [0.05, 0.1) is 17.7 Å². The largest absolute Gasteiger partial charge is 0.495 e. The monoisotopic (exact) mass is 403 g/mol. The number of nitrogens with one attached hydrogen (secondary N) is 1. The molecule has 2 aromatic carbocycles. The van der Waals surface area contributed by atoms with Crippen LogP contribution in [0.1, 0.15) is 23.2 Å². The summed E-state index contributed by atoms with van der Waals surface area (Å²) < 4.78 is 33.0. The summed E-state index contributed by atoms with van der Waals surface area (Å²) in [7, 11) is -2.67. The number of nitrogens with two attached hydrogens (primary N) is 1. The van der Waals surface area contributed by atoms with Crippen molar-refractivity contribution in [1.82, 2.24) is 0 Å². The zero-order chi connectivity index (χ0) is 20.5. The van der Waals surface area contributed by atoms with E-state index in [2.05, 4.69) is 4.72 Å². The Hall–Kier alpha value is -3.40. The van der Waals surface area contributed by atoms with Crippen LogP contribution in [0, 0.1) is 0 Å². The van der Waals surface area contributed by atoms with Crippen LogP contribution in [0.25, 0.3) is 0 Å². The van der Waals surface area contributed by atoms with Gasteiger partial charge in [-0.05, 0) is 42.5 Å². The predicted molar refractivity (Wildman–Crippen MR) is 100 cm³/mol. The first-order chi connectivity index (χ1) is 13.2. The topological polar surface area (TPSA) is 136 Å². The van der Waals surface area contributed by atoms with Crippen molar-refractivity contribution in [3.8, 4) is 5.75 Å². The number of carbonyl (C=O) groups is 3. The third-order valence-electron chi connectivity index (χ3n) is 4.17. The maximum absolute atomic E-state index is 12.7. The molecule has 1 heterocycles. The third kappa shape index (κ3) is 3.67. The van der Waals surface area contributed by atoms with Crippen molar-refractivity contribution in [2.24, 2.45) is 5.73 Å². The highest BCUT2D eigenvalue weighted by atomic mass is 32.2. The fourth-order valence-electron chi connectivity index (χ4n) is 2.77. The lowest BCUT2D eigenvalue weighted by Crippen LogP contribution is -2.29. The normalized spacial score (nSPS) is 14.2. The van der Waals surface area contributed by atoms with Gasteiger partial charge in [-0.25, -0.2) is 13.3 Å². The zero-order valence-electron chi connectivity index (χ0n) is 14.8. The number of sulfonamides is 1. The van der Waals surface area contributed by atoms with E-state index in [1.807, 2.05) is 0 Å². The summed E-state index contributed by atoms with van der Waals surface area (Å²) in [4.78, 5) is 36.0. The summed E-state index contributed by atoms with van der Waals surface area (Å²) >= 11 is 0. The van der Waals surface area contributed by atoms with Crippen LogP contribution in [0.3, 0.4) is 0 Å². The average molecular weight is 403 g/mol. The Labute approximate surface area is 161 Å². The minimum Gasteiger partial charge on any atom is -0.495 e. The molecule has 0 spiro atoms. The van der Waals surface area contributed by atoms with Crippen LogP contribution in [-0.2, 0) is 19.6 Å². The molecule has 1 aliphatic heterocycles. The maximum atomic E-state index is 12.7. The van der Waals surface area contributed by atoms with Gasteiger partial charge < -0.3 is 10.5 Å². The Balaban J connectivity index is 1.95. The lowest BCUT2D eigenvalue weighted by molar-refractivity contribution is -0.121. The molecule has 10 heteroatoms. The fourth-order valence-corrected chi connectivity index (χ4v) is 3.85. The molecule has 1 aliphatic rings. The first-order valence-corrected chi connectivity index (χ1v) is 9.68. The number of methoxy groups -OCH3 is 1. The lowest BCUT2D eigenvalue weighted by Gasteiger charge is -2.18. The van der Waals surface area contributed by atoms with Gasteiger partial charge >= 0.3 is 0 Å². The highest BCUT2D eigenvalue weighted by molar-refractivity contribution is 7.92. The minimum absolute atomic E-state index is 0.0590. The van der Waals surface area contributed by atoms with Gasteiger partial charge in [0.25, 0.3) is 10.0 Å². The molecule has 0 bridgehead atoms. The van der Waals surface area contributed by atoms with Gasteiger partial charge in [0.2, 0.25) is 17.7 Å². The summed E-state index contributed by atoms with van der Waals surface area (Å²) in [6, 6.07) is 9.46. The third-order valence-corrected chi connectivity index (χ3v) is 5.55. The Morgan fingerprint density at radius 2 is 1.68 bits per heavy atom. The van der Waals surface area contributed by atoms with E-state index in [0.29, 0.717) is 0 Å². The molecule has 3 N–H and O–H groups in total. The minimum atomic E-state index is -4.03. The van der Waals surface area contributed by atoms with Gasteiger partial charge in [-0.2, -0.15) is 0 Å². The van der Waals surface area contributed by atoms with Gasteiger partial charge in [0.15, 0.2) is 0 Å². The molecule has 0 aromatic heterocycles. The van der Waals surface area contributed by atoms with E-state index in [-0.39, 0.29) is 40.4 Å². The number of primary amides is 1. The van der Waals surface area contributed by atoms with Gasteiger partial charge in [0.1, 0.15) is 5.75 Å². The van der Waals surface area contributed by atoms with E-state index >= 15 is 0 Å². The summed E-state index contributed by atoms with van der Waals surface area (Å²) in [6.45, 7) is 0. The number of hydrogen-bond donors (Lipinski definition) is 2. The van der Waals surface area contributed by atoms with Crippen LogP contribution in [0.4, 0.5) is 11.4 Å². The smallest absolute Gasteiger partial charge is 0.261 e. The second-order valence-corrected chi connectivity index (χ2v) is 7.69. The van der Waals surface area contributed by atoms with Crippen LogP contribution < -0.4 is 20.1 Å². The van der Waals surface area contributed by atoms with Crippen molar-refractivity contribution in [3.05, 3.63) is 48.0 Å². The van der Waals surface area contributed by atoms with E-state index in [1.165, 1.54) is 49.6 Å². The zero-order valence-corrected chi connectivity index (χ0v) is 15.7. The molecule has 9 nitrogen and oxygen atoms in total. The quantitative estimate of drug-likeness (QED) is 0.697. The van der Waals surface area contributed by atoms with Crippen molar-refractivity contribution < 1.29 is 27.5 Å². The van der Waals surface area contributed by atoms with Crippen LogP contribution in [0.15, 0.2) is 47.4 Å². The molecule has 1 fully saturated rings. The molecule has 2 aromatic rings. The molecular formula is C18H17N3O6S. The van der Waals surface area contributed by atoms with Gasteiger partial charge in [0, 0.05) is 24.1 Å². The molecule has 0 unspecified atom stereocenters. The summed E-state index contributed by atoms with van der Waals surface area (Å²) in [5.74, 6) is -1.27. The van der Waals surface area contributed by atoms with E-state index in [0.717, 1.165) is 4.90 Å². The first kappa shape index (κ1) is 19.4. The average Bonchev–Trinajstić information content (AvgIpc) is 2.99. The van der Waals surface area contributed by atoms with Gasteiger partial charge in [-0.3, -0.25) is 19.1 Å². The van der Waals surface area contributed by atoms with Crippen LogP contribution in [0.5, 0.6) is 5.75 Å². The number of imide groups is 1. The standard InChI is InChI=1S/C18H17N3O6S/c1-27-15-7-6-13(10-14(15)21-16(22)8-9-17(21)23)28(25,26)20-12-4-2-11(3-5-12)18(19)24/h2-7,10,20H,8-9H2,1H3,(H2,19,24). The molecule has 3 rings (SSSR count). The SMILES string of the molecule is COc1ccc(S(=O)(=O)Nc2ccc(C(N)=O)cc2)cc1N1C(=O)CCC1=O.